The quantitative estimate of drug-likeness (QED) is 0.430. The second-order valence-electron chi connectivity index (χ2n) is 10.1. The summed E-state index contributed by atoms with van der Waals surface area (Å²) in [6.07, 6.45) is 1.54. The summed E-state index contributed by atoms with van der Waals surface area (Å²) >= 11 is 0. The van der Waals surface area contributed by atoms with E-state index in [1.807, 2.05) is 0 Å². The number of hydrogen-bond donors (Lipinski definition) is 2. The summed E-state index contributed by atoms with van der Waals surface area (Å²) in [5, 5.41) is 12.9. The average Bonchev–Trinajstić information content (AvgIpc) is 3.11. The van der Waals surface area contributed by atoms with E-state index in [0.29, 0.717) is 31.5 Å². The summed E-state index contributed by atoms with van der Waals surface area (Å²) in [5.41, 5.74) is -0.187. The Bertz CT molecular complexity index is 1060. The molecule has 0 radical (unpaired) electrons. The fourth-order valence-electron chi connectivity index (χ4n) is 5.15. The zero-order chi connectivity index (χ0) is 25.6. The van der Waals surface area contributed by atoms with Crippen LogP contribution in [0.3, 0.4) is 0 Å². The third-order valence-electron chi connectivity index (χ3n) is 7.41. The van der Waals surface area contributed by atoms with Crippen LogP contribution >= 0.6 is 0 Å². The third kappa shape index (κ3) is 5.16. The van der Waals surface area contributed by atoms with Gasteiger partial charge >= 0.3 is 5.97 Å². The van der Waals surface area contributed by atoms with Crippen molar-refractivity contribution in [2.75, 3.05) is 20.2 Å². The van der Waals surface area contributed by atoms with Gasteiger partial charge in [0.1, 0.15) is 10.9 Å². The molecule has 0 amide bonds. The Morgan fingerprint density at radius 3 is 2.66 bits per heavy atom. The number of pyridine rings is 1. The van der Waals surface area contributed by atoms with Crippen LogP contribution in [-0.2, 0) is 19.6 Å². The van der Waals surface area contributed by atoms with Gasteiger partial charge in [0.25, 0.3) is 5.92 Å². The standard InChI is InChI=1S/C23H33F2N3O6S/c1-14-6-7-19(35(31,32)28-12-17(33-3)9-18(28)21(29)30)20(27-14)34-15(2)5-4-8-26-16-10-22(11-16)13-23(22,24)25/h6-7,15-18,26H,4-5,8-13H2,1-3H3,(H,29,30)/t15-,16?,17+,18+,22?/m1/s1. The molecule has 1 spiro atoms. The number of aliphatic carboxylic acids is 1. The SMILES string of the molecule is CO[C@H]1C[C@@H](C(=O)O)N(S(=O)(=O)c2ccc(C)nc2O[C@H](C)CCCNC2CC3(C2)CC3(F)F)C1. The van der Waals surface area contributed by atoms with Gasteiger partial charge in [-0.1, -0.05) is 0 Å². The first-order chi connectivity index (χ1) is 16.4. The number of halogens is 2. The number of rotatable bonds is 11. The van der Waals surface area contributed by atoms with Crippen LogP contribution in [0.2, 0.25) is 0 Å². The molecule has 196 valence electrons. The zero-order valence-corrected chi connectivity index (χ0v) is 21.0. The van der Waals surface area contributed by atoms with Gasteiger partial charge in [-0.2, -0.15) is 4.31 Å². The van der Waals surface area contributed by atoms with Gasteiger partial charge < -0.3 is 19.9 Å². The molecule has 2 saturated carbocycles. The summed E-state index contributed by atoms with van der Waals surface area (Å²) in [6, 6.07) is 1.82. The number of ether oxygens (including phenoxy) is 2. The largest absolute Gasteiger partial charge is 0.480 e. The van der Waals surface area contributed by atoms with Gasteiger partial charge in [0.2, 0.25) is 15.9 Å². The number of carboxylic acids is 1. The first kappa shape index (κ1) is 26.2. The van der Waals surface area contributed by atoms with E-state index in [2.05, 4.69) is 10.3 Å². The summed E-state index contributed by atoms with van der Waals surface area (Å²) < 4.78 is 65.6. The smallest absolute Gasteiger partial charge is 0.322 e. The first-order valence-corrected chi connectivity index (χ1v) is 13.4. The first-order valence-electron chi connectivity index (χ1n) is 11.9. The summed E-state index contributed by atoms with van der Waals surface area (Å²) in [5.74, 6) is -3.79. The molecule has 1 aliphatic heterocycles. The highest BCUT2D eigenvalue weighted by Crippen LogP contribution is 2.70. The molecule has 0 aromatic carbocycles. The van der Waals surface area contributed by atoms with E-state index in [0.717, 1.165) is 10.7 Å². The number of aromatic nitrogens is 1. The van der Waals surface area contributed by atoms with Gasteiger partial charge in [-0.05, 0) is 58.2 Å². The van der Waals surface area contributed by atoms with Gasteiger partial charge in [0, 0.05) is 43.6 Å². The van der Waals surface area contributed by atoms with Crippen LogP contribution in [0, 0.1) is 12.3 Å². The molecule has 0 unspecified atom stereocenters. The molecule has 1 aromatic heterocycles. The van der Waals surface area contributed by atoms with E-state index in [9.17, 15) is 27.1 Å². The lowest BCUT2D eigenvalue weighted by Gasteiger charge is -2.36. The fraction of sp³-hybridized carbons (Fsp3) is 0.739. The van der Waals surface area contributed by atoms with Crippen molar-refractivity contribution in [3.05, 3.63) is 17.8 Å². The Morgan fingerprint density at radius 1 is 1.37 bits per heavy atom. The highest BCUT2D eigenvalue weighted by molar-refractivity contribution is 7.89. The number of aryl methyl sites for hydroxylation is 1. The lowest BCUT2D eigenvalue weighted by molar-refractivity contribution is -0.140. The molecule has 1 aromatic rings. The fourth-order valence-corrected chi connectivity index (χ4v) is 6.83. The molecule has 0 bridgehead atoms. The van der Waals surface area contributed by atoms with Crippen molar-refractivity contribution in [2.24, 2.45) is 5.41 Å². The van der Waals surface area contributed by atoms with Crippen LogP contribution < -0.4 is 10.1 Å². The van der Waals surface area contributed by atoms with Crippen molar-refractivity contribution in [3.8, 4) is 5.88 Å². The van der Waals surface area contributed by atoms with Gasteiger partial charge in [-0.15, -0.1) is 0 Å². The molecule has 3 atom stereocenters. The van der Waals surface area contributed by atoms with Crippen LogP contribution in [-0.4, -0.2) is 79.2 Å². The molecule has 3 fully saturated rings. The Balaban J connectivity index is 1.35. The minimum absolute atomic E-state index is 0.00848. The molecule has 2 aliphatic carbocycles. The predicted molar refractivity (Wildman–Crippen MR) is 122 cm³/mol. The van der Waals surface area contributed by atoms with Gasteiger partial charge in [0.05, 0.1) is 12.2 Å². The number of alkyl halides is 2. The maximum absolute atomic E-state index is 13.4. The molecule has 9 nitrogen and oxygen atoms in total. The number of nitrogens with zero attached hydrogens (tertiary/aromatic N) is 2. The molecule has 35 heavy (non-hydrogen) atoms. The molecule has 3 aliphatic rings. The molecule has 1 saturated heterocycles. The predicted octanol–water partition coefficient (Wildman–Crippen LogP) is 2.58. The second kappa shape index (κ2) is 9.53. The molecule has 12 heteroatoms. The Hall–Kier alpha value is -1.89. The number of carbonyl (C=O) groups is 1. The monoisotopic (exact) mass is 517 g/mol. The van der Waals surface area contributed by atoms with Gasteiger partial charge in [-0.25, -0.2) is 22.2 Å². The Kier molecular flexibility index (Phi) is 7.13. The number of sulfonamides is 1. The minimum Gasteiger partial charge on any atom is -0.480 e. The van der Waals surface area contributed by atoms with E-state index in [-0.39, 0.29) is 42.3 Å². The lowest BCUT2D eigenvalue weighted by atomic mass is 9.76. The minimum atomic E-state index is -4.20. The Morgan fingerprint density at radius 2 is 2.06 bits per heavy atom. The van der Waals surface area contributed by atoms with Crippen LogP contribution in [0.25, 0.3) is 0 Å². The molecular weight excluding hydrogens is 484 g/mol. The number of nitrogens with one attached hydrogen (secondary N) is 1. The molecule has 4 rings (SSSR count). The summed E-state index contributed by atoms with van der Waals surface area (Å²) in [4.78, 5) is 15.8. The highest BCUT2D eigenvalue weighted by atomic mass is 32.2. The van der Waals surface area contributed by atoms with Gasteiger partial charge in [0.15, 0.2) is 0 Å². The van der Waals surface area contributed by atoms with Crippen molar-refractivity contribution in [2.45, 2.75) is 87.5 Å². The normalized spacial score (nSPS) is 30.7. The van der Waals surface area contributed by atoms with Crippen molar-refractivity contribution < 1.29 is 36.6 Å². The van der Waals surface area contributed by atoms with Crippen LogP contribution in [0.4, 0.5) is 8.78 Å². The van der Waals surface area contributed by atoms with Crippen molar-refractivity contribution in [3.63, 3.8) is 0 Å². The molecule has 2 N–H and O–H groups in total. The van der Waals surface area contributed by atoms with Crippen LogP contribution in [0.5, 0.6) is 5.88 Å². The van der Waals surface area contributed by atoms with Crippen molar-refractivity contribution in [1.29, 1.82) is 0 Å². The topological polar surface area (TPSA) is 118 Å². The number of methoxy groups -OCH3 is 1. The average molecular weight is 518 g/mol. The maximum atomic E-state index is 13.4. The van der Waals surface area contributed by atoms with Crippen molar-refractivity contribution >= 4 is 16.0 Å². The lowest BCUT2D eigenvalue weighted by Crippen LogP contribution is -2.45. The summed E-state index contributed by atoms with van der Waals surface area (Å²) in [7, 11) is -2.79. The van der Waals surface area contributed by atoms with E-state index in [4.69, 9.17) is 9.47 Å². The van der Waals surface area contributed by atoms with Gasteiger partial charge in [-0.3, -0.25) is 4.79 Å². The van der Waals surface area contributed by atoms with E-state index >= 15 is 0 Å². The number of hydrogen-bond acceptors (Lipinski definition) is 7. The number of carboxylic acid groups (broad SMARTS) is 1. The Labute approximate surface area is 204 Å². The molecule has 2 heterocycles. The van der Waals surface area contributed by atoms with E-state index in [1.54, 1.807) is 19.9 Å². The summed E-state index contributed by atoms with van der Waals surface area (Å²) in [6.45, 7) is 4.10. The van der Waals surface area contributed by atoms with E-state index in [1.165, 1.54) is 13.2 Å². The van der Waals surface area contributed by atoms with Crippen LogP contribution in [0.1, 0.15) is 51.1 Å². The maximum Gasteiger partial charge on any atom is 0.322 e. The zero-order valence-electron chi connectivity index (χ0n) is 20.2. The molecular formula is C23H33F2N3O6S. The second-order valence-corrected chi connectivity index (χ2v) is 11.9. The highest BCUT2D eigenvalue weighted by Gasteiger charge is 2.75. The third-order valence-corrected chi connectivity index (χ3v) is 9.29. The van der Waals surface area contributed by atoms with E-state index < -0.39 is 39.5 Å². The van der Waals surface area contributed by atoms with Crippen molar-refractivity contribution in [1.82, 2.24) is 14.6 Å². The van der Waals surface area contributed by atoms with Crippen LogP contribution in [0.15, 0.2) is 17.0 Å².